The maximum atomic E-state index is 12.8. The Bertz CT molecular complexity index is 952. The van der Waals surface area contributed by atoms with E-state index in [1.165, 1.54) is 0 Å². The highest BCUT2D eigenvalue weighted by molar-refractivity contribution is 5.85. The summed E-state index contributed by atoms with van der Waals surface area (Å²) in [6.07, 6.45) is -9.41. The molecule has 3 rings (SSSR count). The van der Waals surface area contributed by atoms with Gasteiger partial charge in [-0.3, -0.25) is 9.68 Å². The smallest absolute Gasteiger partial charge is 0.374 e. The van der Waals surface area contributed by atoms with Crippen LogP contribution < -0.4 is 0 Å². The van der Waals surface area contributed by atoms with E-state index in [-0.39, 0.29) is 13.0 Å². The van der Waals surface area contributed by atoms with E-state index in [9.17, 15) is 35.1 Å². The zero-order valence-electron chi connectivity index (χ0n) is 18.7. The molecule has 1 fully saturated rings. The lowest BCUT2D eigenvalue weighted by Gasteiger charge is -2.38. The second kappa shape index (κ2) is 12.2. The third-order valence-electron chi connectivity index (χ3n) is 5.47. The zero-order valence-corrected chi connectivity index (χ0v) is 18.7. The number of hydrogen-bond donors (Lipinski definition) is 5. The van der Waals surface area contributed by atoms with Gasteiger partial charge in [-0.2, -0.15) is 0 Å². The Morgan fingerprint density at radius 2 is 1.49 bits per heavy atom. The molecule has 0 bridgehead atoms. The average molecular weight is 492 g/mol. The van der Waals surface area contributed by atoms with E-state index in [4.69, 9.17) is 14.4 Å². The Kier molecular flexibility index (Phi) is 9.29. The van der Waals surface area contributed by atoms with E-state index < -0.39 is 61.3 Å². The third kappa shape index (κ3) is 7.05. The van der Waals surface area contributed by atoms with Crippen molar-refractivity contribution < 1.29 is 54.4 Å². The highest BCUT2D eigenvalue weighted by Crippen LogP contribution is 2.25. The topological polar surface area (TPSA) is 172 Å². The monoisotopic (exact) mass is 492 g/mol. The lowest BCUT2D eigenvalue weighted by atomic mass is 9.91. The Balaban J connectivity index is 1.68. The van der Waals surface area contributed by atoms with Gasteiger partial charge in [0.25, 0.3) is 0 Å². The number of aliphatic hydroxyl groups is 5. The summed E-state index contributed by atoms with van der Waals surface area (Å²) in [5.41, 5.74) is -1.19. The van der Waals surface area contributed by atoms with Gasteiger partial charge in [-0.1, -0.05) is 60.7 Å². The first kappa shape index (κ1) is 26.7. The molecule has 2 aromatic rings. The van der Waals surface area contributed by atoms with Gasteiger partial charge in [-0.05, 0) is 11.1 Å². The molecule has 11 nitrogen and oxygen atoms in total. The molecule has 0 saturated carbocycles. The standard InChI is InChI=1S/C24H28O11/c25-13-17-19(27)20(28)21(29)22(33-17)34-35-23(30)24(31,11-15-7-3-1-4-8-15)12-18(26)32-14-16-9-5-2-6-10-16/h1-10,17,19-22,25,27-29,31H,11-14H2/t17-,19-,20+,21-,22?,24?/m1/s1. The van der Waals surface area contributed by atoms with Crippen molar-refractivity contribution in [2.45, 2.75) is 55.8 Å². The van der Waals surface area contributed by atoms with E-state index in [0.717, 1.165) is 0 Å². The van der Waals surface area contributed by atoms with Crippen LogP contribution in [-0.2, 0) is 41.9 Å². The van der Waals surface area contributed by atoms with Crippen LogP contribution in [0.25, 0.3) is 0 Å². The quantitative estimate of drug-likeness (QED) is 0.162. The van der Waals surface area contributed by atoms with E-state index >= 15 is 0 Å². The summed E-state index contributed by atoms with van der Waals surface area (Å²) < 4.78 is 10.3. The van der Waals surface area contributed by atoms with E-state index in [2.05, 4.69) is 4.89 Å². The van der Waals surface area contributed by atoms with Crippen LogP contribution in [0, 0.1) is 0 Å². The summed E-state index contributed by atoms with van der Waals surface area (Å²) in [5, 5.41) is 50.0. The van der Waals surface area contributed by atoms with Crippen molar-refractivity contribution in [3.63, 3.8) is 0 Å². The van der Waals surface area contributed by atoms with E-state index in [0.29, 0.717) is 11.1 Å². The van der Waals surface area contributed by atoms with Crippen LogP contribution in [0.2, 0.25) is 0 Å². The molecule has 35 heavy (non-hydrogen) atoms. The molecule has 0 spiro atoms. The van der Waals surface area contributed by atoms with Gasteiger partial charge in [0.1, 0.15) is 31.0 Å². The SMILES string of the molecule is O=C(CC(O)(Cc1ccccc1)C(=O)OOC1O[C@H](CO)[C@@H](O)[C@H](O)[C@H]1O)OCc1ccccc1. The van der Waals surface area contributed by atoms with Crippen LogP contribution in [0.5, 0.6) is 0 Å². The molecule has 2 aromatic carbocycles. The maximum Gasteiger partial charge on any atom is 0.374 e. The molecule has 0 amide bonds. The second-order valence-corrected chi connectivity index (χ2v) is 8.18. The molecule has 0 radical (unpaired) electrons. The number of rotatable bonds is 10. The highest BCUT2D eigenvalue weighted by Gasteiger charge is 2.47. The molecule has 1 heterocycles. The summed E-state index contributed by atoms with van der Waals surface area (Å²) in [6.45, 7) is -0.790. The maximum absolute atomic E-state index is 12.8. The van der Waals surface area contributed by atoms with Gasteiger partial charge in [0.2, 0.25) is 6.29 Å². The van der Waals surface area contributed by atoms with Gasteiger partial charge in [0.15, 0.2) is 5.60 Å². The minimum atomic E-state index is -2.41. The molecule has 5 N–H and O–H groups in total. The molecular formula is C24H28O11. The average Bonchev–Trinajstić information content (AvgIpc) is 2.86. The number of aliphatic hydroxyl groups excluding tert-OH is 4. The molecule has 0 aromatic heterocycles. The van der Waals surface area contributed by atoms with Crippen LogP contribution >= 0.6 is 0 Å². The fourth-order valence-corrected chi connectivity index (χ4v) is 3.48. The van der Waals surface area contributed by atoms with Gasteiger partial charge >= 0.3 is 11.9 Å². The summed E-state index contributed by atoms with van der Waals surface area (Å²) in [7, 11) is 0. The Morgan fingerprint density at radius 3 is 2.09 bits per heavy atom. The molecule has 1 aliphatic rings. The van der Waals surface area contributed by atoms with E-state index in [1.807, 2.05) is 0 Å². The predicted molar refractivity (Wildman–Crippen MR) is 117 cm³/mol. The lowest BCUT2D eigenvalue weighted by molar-refractivity contribution is -0.408. The lowest BCUT2D eigenvalue weighted by Crippen LogP contribution is -2.59. The number of carbonyl (C=O) groups is 2. The minimum Gasteiger partial charge on any atom is -0.461 e. The summed E-state index contributed by atoms with van der Waals surface area (Å²) >= 11 is 0. The number of hydrogen-bond acceptors (Lipinski definition) is 11. The van der Waals surface area contributed by atoms with Crippen molar-refractivity contribution in [1.82, 2.24) is 0 Å². The Morgan fingerprint density at radius 1 is 0.886 bits per heavy atom. The summed E-state index contributed by atoms with van der Waals surface area (Å²) in [5.74, 6) is -2.26. The fourth-order valence-electron chi connectivity index (χ4n) is 3.48. The van der Waals surface area contributed by atoms with Crippen molar-refractivity contribution in [3.8, 4) is 0 Å². The largest absolute Gasteiger partial charge is 0.461 e. The van der Waals surface area contributed by atoms with Crippen molar-refractivity contribution in [2.24, 2.45) is 0 Å². The van der Waals surface area contributed by atoms with Crippen LogP contribution in [0.15, 0.2) is 60.7 Å². The zero-order chi connectivity index (χ0) is 25.4. The summed E-state index contributed by atoms with van der Waals surface area (Å²) in [4.78, 5) is 34.7. The van der Waals surface area contributed by atoms with Crippen molar-refractivity contribution in [1.29, 1.82) is 0 Å². The van der Waals surface area contributed by atoms with Gasteiger partial charge in [0.05, 0.1) is 13.0 Å². The normalized spacial score (nSPS) is 25.9. The first-order chi connectivity index (χ1) is 16.7. The first-order valence-corrected chi connectivity index (χ1v) is 10.9. The predicted octanol–water partition coefficient (Wildman–Crippen LogP) is -0.632. The number of carbonyl (C=O) groups excluding carboxylic acids is 2. The van der Waals surface area contributed by atoms with Gasteiger partial charge in [0, 0.05) is 6.42 Å². The van der Waals surface area contributed by atoms with Gasteiger partial charge < -0.3 is 35.0 Å². The summed E-state index contributed by atoms with van der Waals surface area (Å²) in [6, 6.07) is 17.2. The molecule has 0 aliphatic carbocycles. The van der Waals surface area contributed by atoms with Crippen LogP contribution in [0.1, 0.15) is 17.5 Å². The highest BCUT2D eigenvalue weighted by atomic mass is 17.2. The molecule has 6 atom stereocenters. The molecule has 1 aliphatic heterocycles. The van der Waals surface area contributed by atoms with Crippen molar-refractivity contribution in [3.05, 3.63) is 71.8 Å². The third-order valence-corrected chi connectivity index (χ3v) is 5.47. The fraction of sp³-hybridized carbons (Fsp3) is 0.417. The molecular weight excluding hydrogens is 464 g/mol. The Labute approximate surface area is 201 Å². The number of benzene rings is 2. The van der Waals surface area contributed by atoms with E-state index in [1.54, 1.807) is 60.7 Å². The van der Waals surface area contributed by atoms with Gasteiger partial charge in [-0.25, -0.2) is 4.79 Å². The minimum absolute atomic E-state index is 0.0719. The molecule has 190 valence electrons. The van der Waals surface area contributed by atoms with Crippen LogP contribution in [0.3, 0.4) is 0 Å². The number of ether oxygens (including phenoxy) is 2. The van der Waals surface area contributed by atoms with Crippen molar-refractivity contribution >= 4 is 11.9 Å². The molecule has 11 heteroatoms. The Hall–Kier alpha value is -2.90. The first-order valence-electron chi connectivity index (χ1n) is 10.9. The van der Waals surface area contributed by atoms with Crippen molar-refractivity contribution in [2.75, 3.05) is 6.61 Å². The molecule has 1 saturated heterocycles. The molecule has 2 unspecified atom stereocenters. The number of esters is 1. The van der Waals surface area contributed by atoms with Crippen LogP contribution in [0.4, 0.5) is 0 Å². The second-order valence-electron chi connectivity index (χ2n) is 8.18. The van der Waals surface area contributed by atoms with Crippen LogP contribution in [-0.4, -0.2) is 80.4 Å². The van der Waals surface area contributed by atoms with Gasteiger partial charge in [-0.15, -0.1) is 4.89 Å².